The number of sulfonamides is 1. The summed E-state index contributed by atoms with van der Waals surface area (Å²) in [5, 5.41) is 23.2. The van der Waals surface area contributed by atoms with E-state index < -0.39 is 14.9 Å². The summed E-state index contributed by atoms with van der Waals surface area (Å²) in [6, 6.07) is 12.2. The molecule has 0 aliphatic carbocycles. The van der Waals surface area contributed by atoms with Crippen LogP contribution in [0.3, 0.4) is 0 Å². The van der Waals surface area contributed by atoms with Gasteiger partial charge >= 0.3 is 0 Å². The fourth-order valence-electron chi connectivity index (χ4n) is 2.46. The van der Waals surface area contributed by atoms with E-state index in [0.717, 1.165) is 6.07 Å². The van der Waals surface area contributed by atoms with E-state index in [1.54, 1.807) is 38.1 Å². The van der Waals surface area contributed by atoms with Gasteiger partial charge in [0.25, 0.3) is 5.69 Å². The smallest absolute Gasteiger partial charge is 0.294 e. The molecule has 0 saturated carbocycles. The molecule has 0 saturated heterocycles. The van der Waals surface area contributed by atoms with Gasteiger partial charge in [0, 0.05) is 24.8 Å². The van der Waals surface area contributed by atoms with Crippen LogP contribution >= 0.6 is 0 Å². The van der Waals surface area contributed by atoms with Crippen molar-refractivity contribution in [3.63, 3.8) is 0 Å². The molecule has 0 amide bonds. The standard InChI is InChI=1S/C17H18N4O4S/c1-3-20(4-2)26(24,25)15-8-9-16(17(11-15)21(22)23)19-14-7-5-6-13(10-14)12-18/h5-11,19H,3-4H2,1-2H3. The summed E-state index contributed by atoms with van der Waals surface area (Å²) in [6.07, 6.45) is 0. The fourth-order valence-corrected chi connectivity index (χ4v) is 3.94. The van der Waals surface area contributed by atoms with Crippen LogP contribution in [0.1, 0.15) is 19.4 Å². The molecule has 2 rings (SSSR count). The van der Waals surface area contributed by atoms with Gasteiger partial charge in [0.2, 0.25) is 10.0 Å². The lowest BCUT2D eigenvalue weighted by Crippen LogP contribution is -2.30. The second-order valence-electron chi connectivity index (χ2n) is 5.34. The lowest BCUT2D eigenvalue weighted by molar-refractivity contribution is -0.384. The topological polar surface area (TPSA) is 116 Å². The molecule has 0 unspecified atom stereocenters. The monoisotopic (exact) mass is 374 g/mol. The van der Waals surface area contributed by atoms with Crippen LogP contribution < -0.4 is 5.32 Å². The molecular weight excluding hydrogens is 356 g/mol. The molecule has 1 N–H and O–H groups in total. The second kappa shape index (κ2) is 7.95. The van der Waals surface area contributed by atoms with Gasteiger partial charge in [0.15, 0.2) is 0 Å². The first-order valence-corrected chi connectivity index (χ1v) is 9.33. The molecule has 0 spiro atoms. The minimum absolute atomic E-state index is 0.135. The number of benzene rings is 2. The Morgan fingerprint density at radius 3 is 2.46 bits per heavy atom. The Morgan fingerprint density at radius 1 is 1.19 bits per heavy atom. The van der Waals surface area contributed by atoms with Gasteiger partial charge in [0.05, 0.1) is 21.5 Å². The molecule has 0 heterocycles. The lowest BCUT2D eigenvalue weighted by Gasteiger charge is -2.18. The molecule has 2 aromatic carbocycles. The third-order valence-electron chi connectivity index (χ3n) is 3.78. The van der Waals surface area contributed by atoms with Crippen LogP contribution in [0.15, 0.2) is 47.4 Å². The minimum Gasteiger partial charge on any atom is -0.350 e. The number of rotatable bonds is 7. The van der Waals surface area contributed by atoms with E-state index in [-0.39, 0.29) is 29.4 Å². The third kappa shape index (κ3) is 3.99. The number of nitrogens with zero attached hydrogens (tertiary/aromatic N) is 3. The number of nitriles is 1. The van der Waals surface area contributed by atoms with Gasteiger partial charge in [-0.2, -0.15) is 9.57 Å². The fraction of sp³-hybridized carbons (Fsp3) is 0.235. The quantitative estimate of drug-likeness (QED) is 0.587. The van der Waals surface area contributed by atoms with Crippen molar-refractivity contribution in [2.75, 3.05) is 18.4 Å². The summed E-state index contributed by atoms with van der Waals surface area (Å²) >= 11 is 0. The average molecular weight is 374 g/mol. The van der Waals surface area contributed by atoms with E-state index in [0.29, 0.717) is 11.3 Å². The zero-order valence-corrected chi connectivity index (χ0v) is 15.2. The van der Waals surface area contributed by atoms with E-state index in [9.17, 15) is 18.5 Å². The summed E-state index contributed by atoms with van der Waals surface area (Å²) in [6.45, 7) is 3.95. The predicted octanol–water partition coefficient (Wildman–Crippen LogP) is 3.24. The number of hydrogen-bond acceptors (Lipinski definition) is 6. The lowest BCUT2D eigenvalue weighted by atomic mass is 10.2. The SMILES string of the molecule is CCN(CC)S(=O)(=O)c1ccc(Nc2cccc(C#N)c2)c([N+](=O)[O-])c1. The minimum atomic E-state index is -3.80. The Balaban J connectivity index is 2.47. The highest BCUT2D eigenvalue weighted by Gasteiger charge is 2.25. The molecule has 0 bridgehead atoms. The maximum absolute atomic E-state index is 12.6. The molecule has 136 valence electrons. The number of nitro groups is 1. The van der Waals surface area contributed by atoms with Crippen LogP contribution in [0, 0.1) is 21.4 Å². The zero-order valence-electron chi connectivity index (χ0n) is 14.3. The molecule has 2 aromatic rings. The summed E-state index contributed by atoms with van der Waals surface area (Å²) in [7, 11) is -3.80. The molecule has 8 nitrogen and oxygen atoms in total. The second-order valence-corrected chi connectivity index (χ2v) is 7.28. The van der Waals surface area contributed by atoms with Gasteiger partial charge < -0.3 is 5.32 Å². The van der Waals surface area contributed by atoms with E-state index >= 15 is 0 Å². The summed E-state index contributed by atoms with van der Waals surface area (Å²) in [4.78, 5) is 10.7. The number of hydrogen-bond donors (Lipinski definition) is 1. The van der Waals surface area contributed by atoms with Crippen molar-refractivity contribution in [1.82, 2.24) is 4.31 Å². The van der Waals surface area contributed by atoms with Crippen LogP contribution in [0.25, 0.3) is 0 Å². The first kappa shape index (κ1) is 19.4. The molecule has 9 heteroatoms. The van der Waals surface area contributed by atoms with Crippen LogP contribution in [-0.4, -0.2) is 30.7 Å². The Morgan fingerprint density at radius 2 is 1.88 bits per heavy atom. The largest absolute Gasteiger partial charge is 0.350 e. The predicted molar refractivity (Wildman–Crippen MR) is 97.6 cm³/mol. The number of anilines is 2. The van der Waals surface area contributed by atoms with Crippen molar-refractivity contribution in [2.45, 2.75) is 18.7 Å². The Bertz CT molecular complexity index is 963. The van der Waals surface area contributed by atoms with Gasteiger partial charge in [-0.25, -0.2) is 8.42 Å². The van der Waals surface area contributed by atoms with Crippen LogP contribution in [0.5, 0.6) is 0 Å². The summed E-state index contributed by atoms with van der Waals surface area (Å²) < 4.78 is 26.4. The molecular formula is C17H18N4O4S. The van der Waals surface area contributed by atoms with Crippen molar-refractivity contribution < 1.29 is 13.3 Å². The maximum atomic E-state index is 12.6. The maximum Gasteiger partial charge on any atom is 0.294 e. The van der Waals surface area contributed by atoms with Crippen molar-refractivity contribution in [2.24, 2.45) is 0 Å². The highest BCUT2D eigenvalue weighted by atomic mass is 32.2. The van der Waals surface area contributed by atoms with E-state index in [1.165, 1.54) is 16.4 Å². The zero-order chi connectivity index (χ0) is 19.3. The first-order valence-electron chi connectivity index (χ1n) is 7.89. The van der Waals surface area contributed by atoms with E-state index in [2.05, 4.69) is 5.32 Å². The van der Waals surface area contributed by atoms with E-state index in [1.807, 2.05) is 6.07 Å². The van der Waals surface area contributed by atoms with Gasteiger partial charge in [-0.15, -0.1) is 0 Å². The number of nitrogens with one attached hydrogen (secondary N) is 1. The summed E-state index contributed by atoms with van der Waals surface area (Å²) in [5.41, 5.74) is 0.675. The molecule has 0 radical (unpaired) electrons. The first-order chi connectivity index (χ1) is 12.3. The molecule has 0 fully saturated rings. The Labute approximate surface area is 151 Å². The molecule has 0 atom stereocenters. The van der Waals surface area contributed by atoms with Crippen LogP contribution in [0.2, 0.25) is 0 Å². The highest BCUT2D eigenvalue weighted by molar-refractivity contribution is 7.89. The van der Waals surface area contributed by atoms with Gasteiger partial charge in [-0.05, 0) is 30.3 Å². The van der Waals surface area contributed by atoms with E-state index in [4.69, 9.17) is 5.26 Å². The normalized spacial score (nSPS) is 11.2. The van der Waals surface area contributed by atoms with Crippen molar-refractivity contribution in [1.29, 1.82) is 5.26 Å². The van der Waals surface area contributed by atoms with Gasteiger partial charge in [-0.3, -0.25) is 10.1 Å². The Hall–Kier alpha value is -2.96. The molecule has 0 aliphatic rings. The average Bonchev–Trinajstić information content (AvgIpc) is 2.62. The van der Waals surface area contributed by atoms with Gasteiger partial charge in [0.1, 0.15) is 5.69 Å². The van der Waals surface area contributed by atoms with Crippen molar-refractivity contribution in [3.05, 3.63) is 58.1 Å². The van der Waals surface area contributed by atoms with Gasteiger partial charge in [-0.1, -0.05) is 19.9 Å². The Kier molecular flexibility index (Phi) is 5.92. The van der Waals surface area contributed by atoms with Crippen molar-refractivity contribution >= 4 is 27.1 Å². The molecule has 0 aromatic heterocycles. The van der Waals surface area contributed by atoms with Crippen molar-refractivity contribution in [3.8, 4) is 6.07 Å². The number of nitro benzene ring substituents is 1. The van der Waals surface area contributed by atoms with Crippen LogP contribution in [0.4, 0.5) is 17.1 Å². The molecule has 26 heavy (non-hydrogen) atoms. The van der Waals surface area contributed by atoms with Crippen LogP contribution in [-0.2, 0) is 10.0 Å². The highest BCUT2D eigenvalue weighted by Crippen LogP contribution is 2.31. The third-order valence-corrected chi connectivity index (χ3v) is 5.83. The summed E-state index contributed by atoms with van der Waals surface area (Å²) in [5.74, 6) is 0. The molecule has 0 aliphatic heterocycles.